The number of benzene rings is 1. The van der Waals surface area contributed by atoms with Gasteiger partial charge in [-0.3, -0.25) is 4.79 Å². The Morgan fingerprint density at radius 1 is 1.19 bits per heavy atom. The first-order valence-electron chi connectivity index (χ1n) is 9.94. The molecule has 0 spiro atoms. The Morgan fingerprint density at radius 3 is 2.56 bits per heavy atom. The summed E-state index contributed by atoms with van der Waals surface area (Å²) in [5.74, 6) is 1.51. The van der Waals surface area contributed by atoms with E-state index in [9.17, 15) is 4.79 Å². The molecule has 0 unspecified atom stereocenters. The Labute approximate surface area is 166 Å². The van der Waals surface area contributed by atoms with Crippen LogP contribution in [0.5, 0.6) is 0 Å². The van der Waals surface area contributed by atoms with Crippen LogP contribution in [0.15, 0.2) is 35.5 Å². The zero-order valence-corrected chi connectivity index (χ0v) is 17.4. The molecule has 0 N–H and O–H groups in total. The summed E-state index contributed by atoms with van der Waals surface area (Å²) in [5.41, 5.74) is 1.16. The molecule has 5 nitrogen and oxygen atoms in total. The lowest BCUT2D eigenvalue weighted by atomic mass is 9.95. The normalized spacial score (nSPS) is 15.3. The van der Waals surface area contributed by atoms with Gasteiger partial charge in [-0.15, -0.1) is 10.2 Å². The molecule has 0 bridgehead atoms. The zero-order chi connectivity index (χ0) is 19.2. The summed E-state index contributed by atoms with van der Waals surface area (Å²) in [5, 5.41) is 9.53. The van der Waals surface area contributed by atoms with Gasteiger partial charge in [-0.05, 0) is 39.2 Å². The van der Waals surface area contributed by atoms with E-state index in [0.29, 0.717) is 18.3 Å². The predicted octanol–water partition coefficient (Wildman–Crippen LogP) is 4.62. The average molecular weight is 387 g/mol. The number of aromatic nitrogens is 3. The van der Waals surface area contributed by atoms with E-state index in [1.54, 1.807) is 0 Å². The standard InChI is InChI=1S/C21H30N4OS/c1-16(2)24(14-18-10-6-4-7-11-18)20(26)15-27-21-23-22-17(3)25(21)19-12-8-5-9-13-19/h4,6-7,10-11,16,19H,5,8-9,12-15H2,1-3H3. The fourth-order valence-corrected chi connectivity index (χ4v) is 4.69. The second kappa shape index (κ2) is 9.40. The molecule has 2 aromatic rings. The molecule has 1 aromatic heterocycles. The largest absolute Gasteiger partial charge is 0.335 e. The van der Waals surface area contributed by atoms with E-state index in [-0.39, 0.29) is 11.9 Å². The summed E-state index contributed by atoms with van der Waals surface area (Å²) >= 11 is 1.52. The van der Waals surface area contributed by atoms with Gasteiger partial charge >= 0.3 is 0 Å². The summed E-state index contributed by atoms with van der Waals surface area (Å²) in [6.45, 7) is 6.80. The van der Waals surface area contributed by atoms with Gasteiger partial charge in [0.25, 0.3) is 0 Å². The topological polar surface area (TPSA) is 51.0 Å². The van der Waals surface area contributed by atoms with Crippen LogP contribution in [0.25, 0.3) is 0 Å². The van der Waals surface area contributed by atoms with Crippen LogP contribution in [0.2, 0.25) is 0 Å². The molecular weight excluding hydrogens is 356 g/mol. The number of hydrogen-bond donors (Lipinski definition) is 0. The average Bonchev–Trinajstić information content (AvgIpc) is 3.06. The predicted molar refractivity (Wildman–Crippen MR) is 110 cm³/mol. The molecule has 1 amide bonds. The van der Waals surface area contributed by atoms with Gasteiger partial charge in [0.15, 0.2) is 5.16 Å². The zero-order valence-electron chi connectivity index (χ0n) is 16.6. The van der Waals surface area contributed by atoms with Crippen molar-refractivity contribution in [1.29, 1.82) is 0 Å². The number of carbonyl (C=O) groups excluding carboxylic acids is 1. The molecule has 1 aromatic carbocycles. The third kappa shape index (κ3) is 5.12. The van der Waals surface area contributed by atoms with E-state index in [1.807, 2.05) is 30.0 Å². The van der Waals surface area contributed by atoms with Gasteiger partial charge in [0.2, 0.25) is 5.91 Å². The Bertz CT molecular complexity index is 738. The molecule has 1 aliphatic rings. The second-order valence-corrected chi connectivity index (χ2v) is 8.52. The van der Waals surface area contributed by atoms with Crippen LogP contribution in [0, 0.1) is 6.92 Å². The third-order valence-electron chi connectivity index (χ3n) is 5.24. The highest BCUT2D eigenvalue weighted by atomic mass is 32.2. The summed E-state index contributed by atoms with van der Waals surface area (Å²) in [4.78, 5) is 14.8. The smallest absolute Gasteiger partial charge is 0.233 e. The monoisotopic (exact) mass is 386 g/mol. The Balaban J connectivity index is 1.65. The molecule has 1 saturated carbocycles. The maximum absolute atomic E-state index is 12.9. The lowest BCUT2D eigenvalue weighted by molar-refractivity contribution is -0.130. The van der Waals surface area contributed by atoms with Crippen LogP contribution in [0.3, 0.4) is 0 Å². The molecule has 1 aliphatic carbocycles. The first-order chi connectivity index (χ1) is 13.1. The van der Waals surface area contributed by atoms with E-state index in [4.69, 9.17) is 0 Å². The molecule has 0 atom stereocenters. The van der Waals surface area contributed by atoms with Gasteiger partial charge < -0.3 is 9.47 Å². The quantitative estimate of drug-likeness (QED) is 0.652. The summed E-state index contributed by atoms with van der Waals surface area (Å²) in [6, 6.07) is 10.8. The van der Waals surface area contributed by atoms with Crippen LogP contribution < -0.4 is 0 Å². The fourth-order valence-electron chi connectivity index (χ4n) is 3.76. The maximum Gasteiger partial charge on any atom is 0.233 e. The number of carbonyl (C=O) groups is 1. The fraction of sp³-hybridized carbons (Fsp3) is 0.571. The minimum atomic E-state index is 0.148. The number of aryl methyl sites for hydroxylation is 1. The van der Waals surface area contributed by atoms with Crippen LogP contribution in [-0.4, -0.2) is 37.4 Å². The van der Waals surface area contributed by atoms with Crippen molar-refractivity contribution in [2.24, 2.45) is 0 Å². The number of amides is 1. The van der Waals surface area contributed by atoms with E-state index in [0.717, 1.165) is 16.5 Å². The molecule has 0 saturated heterocycles. The molecule has 0 radical (unpaired) electrons. The number of rotatable bonds is 7. The number of hydrogen-bond acceptors (Lipinski definition) is 4. The van der Waals surface area contributed by atoms with Crippen molar-refractivity contribution in [2.75, 3.05) is 5.75 Å². The Kier molecular flexibility index (Phi) is 6.94. The number of thioether (sulfide) groups is 1. The van der Waals surface area contributed by atoms with E-state index in [1.165, 1.54) is 43.9 Å². The van der Waals surface area contributed by atoms with Crippen LogP contribution >= 0.6 is 11.8 Å². The van der Waals surface area contributed by atoms with Crippen LogP contribution in [0.1, 0.15) is 63.4 Å². The molecule has 0 aliphatic heterocycles. The lowest BCUT2D eigenvalue weighted by Gasteiger charge is -2.27. The summed E-state index contributed by atoms with van der Waals surface area (Å²) in [6.07, 6.45) is 6.23. The van der Waals surface area contributed by atoms with Crippen molar-refractivity contribution in [1.82, 2.24) is 19.7 Å². The Hall–Kier alpha value is -1.82. The van der Waals surface area contributed by atoms with Crippen molar-refractivity contribution in [2.45, 2.75) is 76.7 Å². The van der Waals surface area contributed by atoms with Crippen LogP contribution in [0.4, 0.5) is 0 Å². The maximum atomic E-state index is 12.9. The molecule has 3 rings (SSSR count). The molecule has 6 heteroatoms. The summed E-state index contributed by atoms with van der Waals surface area (Å²) in [7, 11) is 0. The van der Waals surface area contributed by atoms with Crippen molar-refractivity contribution >= 4 is 17.7 Å². The van der Waals surface area contributed by atoms with Crippen molar-refractivity contribution in [3.63, 3.8) is 0 Å². The van der Waals surface area contributed by atoms with Crippen molar-refractivity contribution in [3.05, 3.63) is 41.7 Å². The van der Waals surface area contributed by atoms with E-state index in [2.05, 4.69) is 40.7 Å². The second-order valence-electron chi connectivity index (χ2n) is 7.58. The van der Waals surface area contributed by atoms with Crippen molar-refractivity contribution in [3.8, 4) is 0 Å². The van der Waals surface area contributed by atoms with Crippen molar-refractivity contribution < 1.29 is 4.79 Å². The van der Waals surface area contributed by atoms with Gasteiger partial charge in [0.05, 0.1) is 5.75 Å². The van der Waals surface area contributed by atoms with E-state index >= 15 is 0 Å². The van der Waals surface area contributed by atoms with Gasteiger partial charge in [-0.1, -0.05) is 61.4 Å². The van der Waals surface area contributed by atoms with Gasteiger partial charge in [0.1, 0.15) is 5.82 Å². The SMILES string of the molecule is Cc1nnc(SCC(=O)N(Cc2ccccc2)C(C)C)n1C1CCCCC1. The summed E-state index contributed by atoms with van der Waals surface area (Å²) < 4.78 is 2.26. The highest BCUT2D eigenvalue weighted by Gasteiger charge is 2.23. The first kappa shape index (κ1) is 19.9. The molecule has 146 valence electrons. The van der Waals surface area contributed by atoms with Gasteiger partial charge in [-0.25, -0.2) is 0 Å². The van der Waals surface area contributed by atoms with Gasteiger partial charge in [0, 0.05) is 18.6 Å². The lowest BCUT2D eigenvalue weighted by Crippen LogP contribution is -2.37. The Morgan fingerprint density at radius 2 is 1.89 bits per heavy atom. The molecule has 27 heavy (non-hydrogen) atoms. The van der Waals surface area contributed by atoms with Gasteiger partial charge in [-0.2, -0.15) is 0 Å². The molecule has 1 fully saturated rings. The first-order valence-corrected chi connectivity index (χ1v) is 10.9. The highest BCUT2D eigenvalue weighted by molar-refractivity contribution is 7.99. The minimum absolute atomic E-state index is 0.148. The molecule has 1 heterocycles. The van der Waals surface area contributed by atoms with E-state index < -0.39 is 0 Å². The molecular formula is C21H30N4OS. The minimum Gasteiger partial charge on any atom is -0.335 e. The number of nitrogens with zero attached hydrogens (tertiary/aromatic N) is 4. The highest BCUT2D eigenvalue weighted by Crippen LogP contribution is 2.32. The van der Waals surface area contributed by atoms with Crippen LogP contribution in [-0.2, 0) is 11.3 Å². The third-order valence-corrected chi connectivity index (χ3v) is 6.17.